The lowest BCUT2D eigenvalue weighted by atomic mass is 10.1. The summed E-state index contributed by atoms with van der Waals surface area (Å²) >= 11 is 0. The largest absolute Gasteiger partial charge is 0.496 e. The molecule has 0 aliphatic heterocycles. The molecule has 0 bridgehead atoms. The molecule has 0 fully saturated rings. The first-order valence-corrected chi connectivity index (χ1v) is 4.46. The van der Waals surface area contributed by atoms with Crippen molar-refractivity contribution in [1.29, 1.82) is 0 Å². The van der Waals surface area contributed by atoms with Crippen molar-refractivity contribution in [1.82, 2.24) is 10.2 Å². The maximum absolute atomic E-state index is 13.4. The van der Waals surface area contributed by atoms with Gasteiger partial charge in [-0.2, -0.15) is 5.10 Å². The van der Waals surface area contributed by atoms with Crippen molar-refractivity contribution in [3.8, 4) is 16.9 Å². The Morgan fingerprint density at radius 3 is 2.88 bits per heavy atom. The first-order chi connectivity index (χ1) is 7.76. The number of hydrogen-bond donors (Lipinski definition) is 1. The predicted octanol–water partition coefficient (Wildman–Crippen LogP) is 2.62. The summed E-state index contributed by atoms with van der Waals surface area (Å²) in [5.41, 5.74) is 0.915. The van der Waals surface area contributed by atoms with Gasteiger partial charge in [-0.15, -0.1) is 4.91 Å². The van der Waals surface area contributed by atoms with Crippen LogP contribution in [0.25, 0.3) is 11.1 Å². The van der Waals surface area contributed by atoms with E-state index in [0.29, 0.717) is 16.9 Å². The van der Waals surface area contributed by atoms with Crippen LogP contribution in [0.4, 0.5) is 10.1 Å². The quantitative estimate of drug-likeness (QED) is 0.810. The van der Waals surface area contributed by atoms with E-state index in [0.717, 1.165) is 0 Å². The Morgan fingerprint density at radius 2 is 2.31 bits per heavy atom. The molecule has 0 unspecified atom stereocenters. The molecule has 0 aliphatic rings. The molecule has 0 spiro atoms. The molecule has 1 aromatic carbocycles. The summed E-state index contributed by atoms with van der Waals surface area (Å²) in [6, 6.07) is 2.45. The van der Waals surface area contributed by atoms with E-state index in [1.807, 2.05) is 0 Å². The number of aromatic amines is 1. The van der Waals surface area contributed by atoms with Crippen molar-refractivity contribution in [3.63, 3.8) is 0 Å². The van der Waals surface area contributed by atoms with Gasteiger partial charge >= 0.3 is 0 Å². The minimum absolute atomic E-state index is 0.274. The molecule has 0 aliphatic carbocycles. The summed E-state index contributed by atoms with van der Waals surface area (Å²) in [5.74, 6) is -0.315. The summed E-state index contributed by atoms with van der Waals surface area (Å²) in [5, 5.41) is 8.95. The van der Waals surface area contributed by atoms with Gasteiger partial charge in [0.25, 0.3) is 0 Å². The number of ether oxygens (including phenoxy) is 1. The van der Waals surface area contributed by atoms with E-state index in [-0.39, 0.29) is 5.69 Å². The monoisotopic (exact) mass is 221 g/mol. The minimum atomic E-state index is -0.688. The van der Waals surface area contributed by atoms with E-state index in [1.54, 1.807) is 6.20 Å². The molecule has 2 rings (SSSR count). The highest BCUT2D eigenvalue weighted by Crippen LogP contribution is 2.34. The smallest absolute Gasteiger partial charge is 0.153 e. The Hall–Kier alpha value is -2.24. The molecule has 0 radical (unpaired) electrons. The number of nitroso groups, excluding NO2 is 1. The molecule has 0 saturated carbocycles. The van der Waals surface area contributed by atoms with Gasteiger partial charge in [0.05, 0.1) is 13.3 Å². The maximum atomic E-state index is 13.4. The standard InChI is InChI=1S/C10H8FN3O2/c1-16-10-3-9(14-15)8(11)2-7(10)6-4-12-13-5-6/h2-5H,1H3,(H,12,13). The molecule has 2 aromatic rings. The van der Waals surface area contributed by atoms with Crippen LogP contribution >= 0.6 is 0 Å². The molecule has 0 amide bonds. The van der Waals surface area contributed by atoms with Crippen LogP contribution in [0.15, 0.2) is 29.7 Å². The zero-order valence-electron chi connectivity index (χ0n) is 8.40. The van der Waals surface area contributed by atoms with Crippen molar-refractivity contribution in [2.45, 2.75) is 0 Å². The van der Waals surface area contributed by atoms with Crippen LogP contribution in [0.5, 0.6) is 5.75 Å². The van der Waals surface area contributed by atoms with Crippen molar-refractivity contribution in [2.24, 2.45) is 5.18 Å². The number of benzene rings is 1. The van der Waals surface area contributed by atoms with E-state index in [9.17, 15) is 9.30 Å². The Labute approximate surface area is 90.2 Å². The first-order valence-electron chi connectivity index (χ1n) is 4.46. The number of rotatable bonds is 3. The zero-order valence-corrected chi connectivity index (χ0v) is 8.40. The Bertz CT molecular complexity index is 511. The summed E-state index contributed by atoms with van der Waals surface area (Å²) in [4.78, 5) is 10.3. The zero-order chi connectivity index (χ0) is 11.5. The molecule has 0 atom stereocenters. The molecular formula is C10H8FN3O2. The SMILES string of the molecule is COc1cc(N=O)c(F)cc1-c1cn[nH]c1. The number of aromatic nitrogens is 2. The summed E-state index contributed by atoms with van der Waals surface area (Å²) in [7, 11) is 1.44. The van der Waals surface area contributed by atoms with Gasteiger partial charge in [-0.3, -0.25) is 5.10 Å². The van der Waals surface area contributed by atoms with E-state index in [4.69, 9.17) is 4.74 Å². The predicted molar refractivity (Wildman–Crippen MR) is 56.0 cm³/mol. The molecule has 5 nitrogen and oxygen atoms in total. The maximum Gasteiger partial charge on any atom is 0.153 e. The third-order valence-corrected chi connectivity index (χ3v) is 2.18. The second kappa shape index (κ2) is 4.09. The van der Waals surface area contributed by atoms with Gasteiger partial charge in [0.15, 0.2) is 5.82 Å². The fourth-order valence-corrected chi connectivity index (χ4v) is 1.41. The van der Waals surface area contributed by atoms with Crippen molar-refractivity contribution >= 4 is 5.69 Å². The highest BCUT2D eigenvalue weighted by molar-refractivity contribution is 5.72. The van der Waals surface area contributed by atoms with Gasteiger partial charge in [-0.05, 0) is 11.2 Å². The Morgan fingerprint density at radius 1 is 1.50 bits per heavy atom. The van der Waals surface area contributed by atoms with Crippen LogP contribution in [0.1, 0.15) is 0 Å². The van der Waals surface area contributed by atoms with Crippen molar-refractivity contribution < 1.29 is 9.13 Å². The van der Waals surface area contributed by atoms with Crippen LogP contribution in [-0.2, 0) is 0 Å². The first kappa shape index (κ1) is 10.3. The Balaban J connectivity index is 2.61. The van der Waals surface area contributed by atoms with Crippen LogP contribution in [-0.4, -0.2) is 17.3 Å². The van der Waals surface area contributed by atoms with Gasteiger partial charge in [-0.1, -0.05) is 0 Å². The lowest BCUT2D eigenvalue weighted by Gasteiger charge is -2.07. The second-order valence-electron chi connectivity index (χ2n) is 3.08. The van der Waals surface area contributed by atoms with Gasteiger partial charge in [0.2, 0.25) is 0 Å². The van der Waals surface area contributed by atoms with E-state index >= 15 is 0 Å². The molecule has 16 heavy (non-hydrogen) atoms. The molecule has 0 saturated heterocycles. The normalized spacial score (nSPS) is 10.1. The van der Waals surface area contributed by atoms with Crippen LogP contribution in [0, 0.1) is 10.7 Å². The number of H-pyrrole nitrogens is 1. The van der Waals surface area contributed by atoms with Gasteiger partial charge in [0.1, 0.15) is 11.4 Å². The second-order valence-corrected chi connectivity index (χ2v) is 3.08. The fourth-order valence-electron chi connectivity index (χ4n) is 1.41. The lowest BCUT2D eigenvalue weighted by Crippen LogP contribution is -1.89. The molecule has 6 heteroatoms. The number of nitrogens with zero attached hydrogens (tertiary/aromatic N) is 2. The highest BCUT2D eigenvalue weighted by atomic mass is 19.1. The van der Waals surface area contributed by atoms with Gasteiger partial charge < -0.3 is 4.74 Å². The molecule has 82 valence electrons. The van der Waals surface area contributed by atoms with Gasteiger partial charge in [-0.25, -0.2) is 4.39 Å². The lowest BCUT2D eigenvalue weighted by molar-refractivity contribution is 0.415. The number of methoxy groups -OCH3 is 1. The molecule has 1 aromatic heterocycles. The third-order valence-electron chi connectivity index (χ3n) is 2.18. The van der Waals surface area contributed by atoms with E-state index in [1.165, 1.54) is 25.4 Å². The van der Waals surface area contributed by atoms with Crippen LogP contribution < -0.4 is 4.74 Å². The number of nitrogens with one attached hydrogen (secondary N) is 1. The highest BCUT2D eigenvalue weighted by Gasteiger charge is 2.13. The summed E-state index contributed by atoms with van der Waals surface area (Å²) < 4.78 is 18.4. The average molecular weight is 221 g/mol. The molecule has 1 N–H and O–H groups in total. The van der Waals surface area contributed by atoms with E-state index in [2.05, 4.69) is 15.4 Å². The number of hydrogen-bond acceptors (Lipinski definition) is 4. The molecular weight excluding hydrogens is 213 g/mol. The summed E-state index contributed by atoms with van der Waals surface area (Å²) in [6.45, 7) is 0. The minimum Gasteiger partial charge on any atom is -0.496 e. The van der Waals surface area contributed by atoms with Crippen molar-refractivity contribution in [3.05, 3.63) is 35.3 Å². The van der Waals surface area contributed by atoms with E-state index < -0.39 is 5.82 Å². The van der Waals surface area contributed by atoms with Crippen LogP contribution in [0.3, 0.4) is 0 Å². The Kier molecular flexibility index (Phi) is 2.63. The average Bonchev–Trinajstić information content (AvgIpc) is 2.82. The van der Waals surface area contributed by atoms with Crippen LogP contribution in [0.2, 0.25) is 0 Å². The van der Waals surface area contributed by atoms with Crippen molar-refractivity contribution in [2.75, 3.05) is 7.11 Å². The topological polar surface area (TPSA) is 67.3 Å². The molecule has 1 heterocycles. The summed E-state index contributed by atoms with van der Waals surface area (Å²) in [6.07, 6.45) is 3.14. The third kappa shape index (κ3) is 1.65. The fraction of sp³-hybridized carbons (Fsp3) is 0.100. The van der Waals surface area contributed by atoms with Gasteiger partial charge in [0, 0.05) is 23.4 Å². The number of halogens is 1.